The minimum Gasteiger partial charge on any atom is -0.457 e. The number of hydrogen-bond acceptors (Lipinski definition) is 1. The van der Waals surface area contributed by atoms with E-state index in [1.165, 1.54) is 11.1 Å². The van der Waals surface area contributed by atoms with Crippen LogP contribution in [0.2, 0.25) is 0 Å². The Bertz CT molecular complexity index is 578. The van der Waals surface area contributed by atoms with Crippen LogP contribution in [-0.2, 0) is 0 Å². The average Bonchev–Trinajstić information content (AvgIpc) is 2.40. The van der Waals surface area contributed by atoms with Crippen molar-refractivity contribution in [1.29, 1.82) is 0 Å². The summed E-state index contributed by atoms with van der Waals surface area (Å²) < 4.78 is 5.81. The van der Waals surface area contributed by atoms with Crippen LogP contribution in [0.5, 0.6) is 11.5 Å². The number of aryl methyl sites for hydroxylation is 1. The van der Waals surface area contributed by atoms with E-state index in [1.54, 1.807) is 0 Å². The van der Waals surface area contributed by atoms with Crippen LogP contribution in [0.3, 0.4) is 0 Å². The normalized spacial score (nSPS) is 11.6. The molecule has 0 aliphatic heterocycles. The molecular formula is C18H18O. The molecule has 1 nitrogen and oxygen atoms in total. The molecule has 0 N–H and O–H groups in total. The Labute approximate surface area is 115 Å². The second kappa shape index (κ2) is 6.11. The van der Waals surface area contributed by atoms with Crippen LogP contribution in [0.4, 0.5) is 0 Å². The highest BCUT2D eigenvalue weighted by molar-refractivity contribution is 5.39. The second-order valence-corrected chi connectivity index (χ2v) is 4.74. The Morgan fingerprint density at radius 1 is 1.11 bits per heavy atom. The third-order valence-electron chi connectivity index (χ3n) is 3.18. The molecule has 0 aliphatic rings. The molecule has 1 unspecified atom stereocenters. The average molecular weight is 250 g/mol. The minimum absolute atomic E-state index is 0.385. The number of benzene rings is 2. The Balaban J connectivity index is 2.18. The van der Waals surface area contributed by atoms with Crippen molar-refractivity contribution in [2.24, 2.45) is 0 Å². The summed E-state index contributed by atoms with van der Waals surface area (Å²) in [6.45, 7) is 4.25. The topological polar surface area (TPSA) is 9.23 Å². The van der Waals surface area contributed by atoms with Crippen LogP contribution in [0.15, 0.2) is 48.5 Å². The number of ether oxygens (including phenoxy) is 1. The van der Waals surface area contributed by atoms with Crippen LogP contribution in [-0.4, -0.2) is 0 Å². The molecule has 0 saturated heterocycles. The second-order valence-electron chi connectivity index (χ2n) is 4.74. The van der Waals surface area contributed by atoms with Gasteiger partial charge in [0.25, 0.3) is 0 Å². The van der Waals surface area contributed by atoms with Crippen molar-refractivity contribution in [3.8, 4) is 23.8 Å². The van der Waals surface area contributed by atoms with Crippen molar-refractivity contribution in [3.05, 3.63) is 59.7 Å². The number of para-hydroxylation sites is 1. The number of hydrogen-bond donors (Lipinski definition) is 0. The Kier molecular flexibility index (Phi) is 4.26. The zero-order valence-electron chi connectivity index (χ0n) is 11.4. The predicted octanol–water partition coefficient (Wildman–Crippen LogP) is 4.91. The molecule has 0 aliphatic carbocycles. The van der Waals surface area contributed by atoms with E-state index in [-0.39, 0.29) is 0 Å². The van der Waals surface area contributed by atoms with Crippen molar-refractivity contribution in [1.82, 2.24) is 0 Å². The van der Waals surface area contributed by atoms with Crippen LogP contribution >= 0.6 is 0 Å². The molecule has 0 amide bonds. The molecule has 96 valence electrons. The molecule has 0 heterocycles. The summed E-state index contributed by atoms with van der Waals surface area (Å²) in [6, 6.07) is 16.0. The Morgan fingerprint density at radius 3 is 2.47 bits per heavy atom. The first-order chi connectivity index (χ1) is 9.20. The molecule has 2 aromatic rings. The van der Waals surface area contributed by atoms with Crippen LogP contribution in [0.1, 0.15) is 30.4 Å². The quantitative estimate of drug-likeness (QED) is 0.700. The lowest BCUT2D eigenvalue weighted by atomic mass is 9.94. The van der Waals surface area contributed by atoms with Gasteiger partial charge in [-0.2, -0.15) is 0 Å². The van der Waals surface area contributed by atoms with Crippen molar-refractivity contribution < 1.29 is 4.74 Å². The third kappa shape index (κ3) is 3.39. The first kappa shape index (κ1) is 13.2. The highest BCUT2D eigenvalue weighted by atomic mass is 16.5. The van der Waals surface area contributed by atoms with E-state index in [0.717, 1.165) is 17.9 Å². The van der Waals surface area contributed by atoms with Gasteiger partial charge in [0.2, 0.25) is 0 Å². The monoisotopic (exact) mass is 250 g/mol. The largest absolute Gasteiger partial charge is 0.457 e. The summed E-state index contributed by atoms with van der Waals surface area (Å²) in [4.78, 5) is 0. The fourth-order valence-electron chi connectivity index (χ4n) is 2.18. The maximum atomic E-state index is 5.81. The molecule has 0 radical (unpaired) electrons. The zero-order chi connectivity index (χ0) is 13.7. The third-order valence-corrected chi connectivity index (χ3v) is 3.18. The van der Waals surface area contributed by atoms with E-state index in [9.17, 15) is 0 Å². The zero-order valence-corrected chi connectivity index (χ0v) is 11.4. The summed E-state index contributed by atoms with van der Waals surface area (Å²) >= 11 is 0. The molecule has 19 heavy (non-hydrogen) atoms. The van der Waals surface area contributed by atoms with Gasteiger partial charge in [0, 0.05) is 6.42 Å². The molecule has 0 bridgehead atoms. The van der Waals surface area contributed by atoms with E-state index < -0.39 is 0 Å². The van der Waals surface area contributed by atoms with Gasteiger partial charge < -0.3 is 4.74 Å². The molecule has 1 atom stereocenters. The van der Waals surface area contributed by atoms with E-state index in [2.05, 4.69) is 31.9 Å². The first-order valence-corrected chi connectivity index (χ1v) is 6.47. The maximum Gasteiger partial charge on any atom is 0.127 e. The molecule has 0 aromatic heterocycles. The van der Waals surface area contributed by atoms with Gasteiger partial charge in [0.15, 0.2) is 0 Å². The van der Waals surface area contributed by atoms with Crippen molar-refractivity contribution in [3.63, 3.8) is 0 Å². The van der Waals surface area contributed by atoms with Crippen LogP contribution in [0, 0.1) is 19.3 Å². The Hall–Kier alpha value is -2.20. The molecule has 2 rings (SSSR count). The molecule has 0 spiro atoms. The van der Waals surface area contributed by atoms with Gasteiger partial charge in [-0.1, -0.05) is 31.2 Å². The summed E-state index contributed by atoms with van der Waals surface area (Å²) in [6.07, 6.45) is 6.14. The summed E-state index contributed by atoms with van der Waals surface area (Å²) in [5.41, 5.74) is 2.51. The van der Waals surface area contributed by atoms with E-state index in [4.69, 9.17) is 11.2 Å². The molecule has 2 aromatic carbocycles. The van der Waals surface area contributed by atoms with Gasteiger partial charge in [-0.15, -0.1) is 12.3 Å². The maximum absolute atomic E-state index is 5.81. The highest BCUT2D eigenvalue weighted by Crippen LogP contribution is 2.28. The van der Waals surface area contributed by atoms with Crippen molar-refractivity contribution in [2.45, 2.75) is 26.2 Å². The number of rotatable bonds is 4. The predicted molar refractivity (Wildman–Crippen MR) is 79.6 cm³/mol. The van der Waals surface area contributed by atoms with Crippen LogP contribution < -0.4 is 4.74 Å². The van der Waals surface area contributed by atoms with Gasteiger partial charge in [-0.3, -0.25) is 0 Å². The summed E-state index contributed by atoms with van der Waals surface area (Å²) in [5, 5.41) is 0. The molecule has 0 fully saturated rings. The molecule has 1 heteroatoms. The summed E-state index contributed by atoms with van der Waals surface area (Å²) in [7, 11) is 0. The number of terminal acetylenes is 1. The van der Waals surface area contributed by atoms with Gasteiger partial charge in [-0.05, 0) is 48.2 Å². The summed E-state index contributed by atoms with van der Waals surface area (Å²) in [5.74, 6) is 4.82. The van der Waals surface area contributed by atoms with Gasteiger partial charge in [0.05, 0.1) is 0 Å². The Morgan fingerprint density at radius 2 is 1.84 bits per heavy atom. The first-order valence-electron chi connectivity index (χ1n) is 6.47. The standard InChI is InChI=1S/C18H18O/c1-4-8-14(2)18-12-11-17(13-15(18)3)19-16-9-6-5-7-10-16/h1,5-7,9-14H,8H2,2-3H3. The highest BCUT2D eigenvalue weighted by Gasteiger charge is 2.08. The minimum atomic E-state index is 0.385. The van der Waals surface area contributed by atoms with Gasteiger partial charge in [-0.25, -0.2) is 0 Å². The smallest absolute Gasteiger partial charge is 0.127 e. The molecular weight excluding hydrogens is 232 g/mol. The lowest BCUT2D eigenvalue weighted by molar-refractivity contribution is 0.482. The van der Waals surface area contributed by atoms with Gasteiger partial charge in [0.1, 0.15) is 11.5 Å². The van der Waals surface area contributed by atoms with E-state index >= 15 is 0 Å². The van der Waals surface area contributed by atoms with Crippen molar-refractivity contribution in [2.75, 3.05) is 0 Å². The SMILES string of the molecule is C#CCC(C)c1ccc(Oc2ccccc2)cc1C. The molecule has 0 saturated carbocycles. The fraction of sp³-hybridized carbons (Fsp3) is 0.222. The lowest BCUT2D eigenvalue weighted by Gasteiger charge is -2.14. The lowest BCUT2D eigenvalue weighted by Crippen LogP contribution is -1.96. The van der Waals surface area contributed by atoms with Crippen molar-refractivity contribution >= 4 is 0 Å². The van der Waals surface area contributed by atoms with E-state index in [0.29, 0.717) is 5.92 Å². The van der Waals surface area contributed by atoms with E-state index in [1.807, 2.05) is 36.4 Å². The van der Waals surface area contributed by atoms with Gasteiger partial charge >= 0.3 is 0 Å². The van der Waals surface area contributed by atoms with Crippen LogP contribution in [0.25, 0.3) is 0 Å². The fourth-order valence-corrected chi connectivity index (χ4v) is 2.18.